The summed E-state index contributed by atoms with van der Waals surface area (Å²) in [5.41, 5.74) is 0.740. The molecule has 27 heavy (non-hydrogen) atoms. The summed E-state index contributed by atoms with van der Waals surface area (Å²) in [6.07, 6.45) is 2.18. The van der Waals surface area contributed by atoms with Crippen molar-refractivity contribution in [3.63, 3.8) is 0 Å². The van der Waals surface area contributed by atoms with Crippen LogP contribution >= 0.6 is 0 Å². The third-order valence-corrected chi connectivity index (χ3v) is 5.52. The van der Waals surface area contributed by atoms with Crippen LogP contribution < -0.4 is 4.90 Å². The number of halogens is 1. The third-order valence-electron chi connectivity index (χ3n) is 5.52. The van der Waals surface area contributed by atoms with Crippen LogP contribution in [0.3, 0.4) is 0 Å². The molecule has 0 spiro atoms. The molecular formula is C20H21FN2O4. The Bertz CT molecular complexity index is 896. The molecule has 7 heteroatoms. The van der Waals surface area contributed by atoms with Crippen molar-refractivity contribution in [2.45, 2.75) is 38.0 Å². The summed E-state index contributed by atoms with van der Waals surface area (Å²) < 4.78 is 19.7. The van der Waals surface area contributed by atoms with Gasteiger partial charge in [0.15, 0.2) is 5.76 Å². The summed E-state index contributed by atoms with van der Waals surface area (Å²) in [5.74, 6) is -1.84. The first-order chi connectivity index (χ1) is 12.9. The number of para-hydroxylation sites is 1. The molecule has 0 bridgehead atoms. The number of rotatable bonds is 4. The van der Waals surface area contributed by atoms with Crippen LogP contribution in [-0.4, -0.2) is 46.7 Å². The normalized spacial score (nSPS) is 24.3. The lowest BCUT2D eigenvalue weighted by molar-refractivity contribution is -0.149. The average Bonchev–Trinajstić information content (AvgIpc) is 3.34. The molecule has 1 aromatic carbocycles. The van der Waals surface area contributed by atoms with Gasteiger partial charge in [-0.15, -0.1) is 0 Å². The summed E-state index contributed by atoms with van der Waals surface area (Å²) >= 11 is 0. The highest BCUT2D eigenvalue weighted by Crippen LogP contribution is 2.34. The minimum Gasteiger partial charge on any atom is -0.479 e. The standard InChI is InChI=1S/C20H21FN2O4/c1-13-10-14-4-2-3-5-16(14)23(13)11-15-6-9-27-17(15)18(24)22-8-7-20(21,12-22)19(25)26/h2-6,9,13H,7-8,10-12H2,1H3,(H,25,26). The molecule has 1 N–H and O–H groups in total. The highest BCUT2D eigenvalue weighted by molar-refractivity contribution is 5.94. The maximum Gasteiger partial charge on any atom is 0.343 e. The van der Waals surface area contributed by atoms with Gasteiger partial charge in [-0.2, -0.15) is 0 Å². The van der Waals surface area contributed by atoms with E-state index in [-0.39, 0.29) is 24.8 Å². The van der Waals surface area contributed by atoms with Gasteiger partial charge in [-0.25, -0.2) is 9.18 Å². The Morgan fingerprint density at radius 2 is 2.11 bits per heavy atom. The van der Waals surface area contributed by atoms with E-state index in [1.807, 2.05) is 12.1 Å². The fraction of sp³-hybridized carbons (Fsp3) is 0.400. The number of anilines is 1. The molecule has 2 aromatic rings. The molecule has 4 rings (SSSR count). The van der Waals surface area contributed by atoms with Gasteiger partial charge in [-0.05, 0) is 31.0 Å². The van der Waals surface area contributed by atoms with E-state index < -0.39 is 24.1 Å². The first-order valence-corrected chi connectivity index (χ1v) is 9.01. The van der Waals surface area contributed by atoms with E-state index in [4.69, 9.17) is 9.52 Å². The number of carbonyl (C=O) groups is 2. The van der Waals surface area contributed by atoms with Gasteiger partial charge in [0.2, 0.25) is 5.67 Å². The van der Waals surface area contributed by atoms with Gasteiger partial charge in [-0.1, -0.05) is 18.2 Å². The maximum absolute atomic E-state index is 14.3. The Morgan fingerprint density at radius 3 is 2.85 bits per heavy atom. The molecule has 0 aliphatic carbocycles. The van der Waals surface area contributed by atoms with E-state index in [2.05, 4.69) is 24.0 Å². The molecule has 2 aliphatic heterocycles. The van der Waals surface area contributed by atoms with Crippen LogP contribution in [0.2, 0.25) is 0 Å². The summed E-state index contributed by atoms with van der Waals surface area (Å²) in [5, 5.41) is 9.03. The number of hydrogen-bond donors (Lipinski definition) is 1. The van der Waals surface area contributed by atoms with Crippen molar-refractivity contribution in [1.29, 1.82) is 0 Å². The summed E-state index contributed by atoms with van der Waals surface area (Å²) in [6.45, 7) is 2.24. The number of carbonyl (C=O) groups excluding carboxylic acids is 1. The molecular weight excluding hydrogens is 351 g/mol. The molecule has 3 heterocycles. The minimum absolute atomic E-state index is 0.0602. The van der Waals surface area contributed by atoms with Crippen LogP contribution in [-0.2, 0) is 17.8 Å². The fourth-order valence-corrected chi connectivity index (χ4v) is 3.97. The first-order valence-electron chi connectivity index (χ1n) is 9.01. The number of carboxylic acid groups (broad SMARTS) is 1. The van der Waals surface area contributed by atoms with E-state index in [9.17, 15) is 14.0 Å². The van der Waals surface area contributed by atoms with Gasteiger partial charge >= 0.3 is 5.97 Å². The lowest BCUT2D eigenvalue weighted by Gasteiger charge is -2.25. The Morgan fingerprint density at radius 1 is 1.33 bits per heavy atom. The highest BCUT2D eigenvalue weighted by atomic mass is 19.1. The number of fused-ring (bicyclic) bond motifs is 1. The van der Waals surface area contributed by atoms with Gasteiger partial charge in [0.1, 0.15) is 0 Å². The molecule has 142 valence electrons. The molecule has 0 radical (unpaired) electrons. The zero-order chi connectivity index (χ0) is 19.2. The first kappa shape index (κ1) is 17.6. The van der Waals surface area contributed by atoms with E-state index in [1.54, 1.807) is 6.07 Å². The van der Waals surface area contributed by atoms with Crippen LogP contribution in [0.5, 0.6) is 0 Å². The largest absolute Gasteiger partial charge is 0.479 e. The molecule has 1 aromatic heterocycles. The van der Waals surface area contributed by atoms with Gasteiger partial charge < -0.3 is 19.3 Å². The predicted molar refractivity (Wildman–Crippen MR) is 96.5 cm³/mol. The zero-order valence-electron chi connectivity index (χ0n) is 15.0. The second kappa shape index (κ2) is 6.40. The number of likely N-dealkylation sites (tertiary alicyclic amines) is 1. The number of aliphatic carboxylic acids is 1. The molecule has 1 fully saturated rings. The smallest absolute Gasteiger partial charge is 0.343 e. The fourth-order valence-electron chi connectivity index (χ4n) is 3.97. The van der Waals surface area contributed by atoms with Crippen LogP contribution in [0.4, 0.5) is 10.1 Å². The predicted octanol–water partition coefficient (Wildman–Crippen LogP) is 2.87. The van der Waals surface area contributed by atoms with Crippen molar-refractivity contribution in [2.24, 2.45) is 0 Å². The summed E-state index contributed by atoms with van der Waals surface area (Å²) in [7, 11) is 0. The zero-order valence-corrected chi connectivity index (χ0v) is 15.0. The van der Waals surface area contributed by atoms with Gasteiger partial charge in [-0.3, -0.25) is 4.79 Å². The monoisotopic (exact) mass is 372 g/mol. The Labute approximate surface area is 156 Å². The second-order valence-corrected chi connectivity index (χ2v) is 7.33. The van der Waals surface area contributed by atoms with E-state index in [1.165, 1.54) is 16.7 Å². The van der Waals surface area contributed by atoms with Crippen LogP contribution in [0.25, 0.3) is 0 Å². The number of benzene rings is 1. The molecule has 2 aliphatic rings. The van der Waals surface area contributed by atoms with Gasteiger partial charge in [0, 0.05) is 36.8 Å². The van der Waals surface area contributed by atoms with Crippen LogP contribution in [0.1, 0.15) is 35.0 Å². The third kappa shape index (κ3) is 2.97. The number of furan rings is 1. The van der Waals surface area contributed by atoms with Crippen LogP contribution in [0, 0.1) is 0 Å². The van der Waals surface area contributed by atoms with Gasteiger partial charge in [0.05, 0.1) is 12.8 Å². The number of amides is 1. The van der Waals surface area contributed by atoms with Gasteiger partial charge in [0.25, 0.3) is 5.91 Å². The van der Waals surface area contributed by atoms with E-state index in [0.717, 1.165) is 17.7 Å². The van der Waals surface area contributed by atoms with Crippen molar-refractivity contribution in [3.05, 3.63) is 53.5 Å². The molecule has 1 saturated heterocycles. The van der Waals surface area contributed by atoms with Crippen molar-refractivity contribution >= 4 is 17.6 Å². The Balaban J connectivity index is 1.54. The summed E-state index contributed by atoms with van der Waals surface area (Å²) in [4.78, 5) is 27.3. The van der Waals surface area contributed by atoms with Crippen LogP contribution in [0.15, 0.2) is 41.0 Å². The SMILES string of the molecule is CC1Cc2ccccc2N1Cc1ccoc1C(=O)N1CCC(F)(C(=O)O)C1. The Hall–Kier alpha value is -2.83. The molecule has 1 amide bonds. The number of carboxylic acids is 1. The molecule has 2 unspecified atom stereocenters. The average molecular weight is 372 g/mol. The maximum atomic E-state index is 14.3. The van der Waals surface area contributed by atoms with E-state index in [0.29, 0.717) is 6.54 Å². The van der Waals surface area contributed by atoms with Crippen molar-refractivity contribution in [2.75, 3.05) is 18.0 Å². The molecule has 6 nitrogen and oxygen atoms in total. The number of alkyl halides is 1. The topological polar surface area (TPSA) is 74.0 Å². The van der Waals surface area contributed by atoms with E-state index >= 15 is 0 Å². The molecule has 0 saturated carbocycles. The summed E-state index contributed by atoms with van der Waals surface area (Å²) in [6, 6.07) is 10.2. The lowest BCUT2D eigenvalue weighted by atomic mass is 10.1. The Kier molecular flexibility index (Phi) is 4.17. The van der Waals surface area contributed by atoms with Crippen molar-refractivity contribution < 1.29 is 23.5 Å². The highest BCUT2D eigenvalue weighted by Gasteiger charge is 2.47. The van der Waals surface area contributed by atoms with Crippen molar-refractivity contribution in [3.8, 4) is 0 Å². The number of nitrogens with zero attached hydrogens (tertiary/aromatic N) is 2. The quantitative estimate of drug-likeness (QED) is 0.893. The lowest BCUT2D eigenvalue weighted by Crippen LogP contribution is -2.39. The molecule has 2 atom stereocenters. The van der Waals surface area contributed by atoms with Crippen molar-refractivity contribution in [1.82, 2.24) is 4.90 Å². The minimum atomic E-state index is -2.38. The number of hydrogen-bond acceptors (Lipinski definition) is 4. The second-order valence-electron chi connectivity index (χ2n) is 7.33.